The minimum absolute atomic E-state index is 0.700. The van der Waals surface area contributed by atoms with Gasteiger partial charge in [0.25, 0.3) is 0 Å². The van der Waals surface area contributed by atoms with Crippen LogP contribution in [0.4, 0.5) is 0 Å². The van der Waals surface area contributed by atoms with Gasteiger partial charge in [-0.1, -0.05) is 13.8 Å². The van der Waals surface area contributed by atoms with Gasteiger partial charge in [-0.25, -0.2) is 4.98 Å². The van der Waals surface area contributed by atoms with Crippen molar-refractivity contribution < 1.29 is 0 Å². The Labute approximate surface area is 104 Å². The molecule has 94 valence electrons. The fourth-order valence-electron chi connectivity index (χ4n) is 2.97. The van der Waals surface area contributed by atoms with Gasteiger partial charge < -0.3 is 9.88 Å². The molecular weight excluding hydrogens is 210 g/mol. The van der Waals surface area contributed by atoms with Gasteiger partial charge in [-0.2, -0.15) is 0 Å². The summed E-state index contributed by atoms with van der Waals surface area (Å²) in [5, 5.41) is 3.43. The van der Waals surface area contributed by atoms with Crippen LogP contribution >= 0.6 is 0 Å². The van der Waals surface area contributed by atoms with Gasteiger partial charge >= 0.3 is 0 Å². The molecule has 0 aromatic carbocycles. The molecule has 3 nitrogen and oxygen atoms in total. The molecule has 17 heavy (non-hydrogen) atoms. The van der Waals surface area contributed by atoms with Crippen molar-refractivity contribution in [3.8, 4) is 0 Å². The highest BCUT2D eigenvalue weighted by Crippen LogP contribution is 2.35. The van der Waals surface area contributed by atoms with E-state index in [0.717, 1.165) is 32.0 Å². The summed E-state index contributed by atoms with van der Waals surface area (Å²) in [6, 6.07) is 0.762. The largest absolute Gasteiger partial charge is 0.329 e. The molecule has 1 aromatic rings. The Morgan fingerprint density at radius 1 is 1.41 bits per heavy atom. The molecule has 2 aliphatic rings. The highest BCUT2D eigenvalue weighted by molar-refractivity contribution is 5.22. The summed E-state index contributed by atoms with van der Waals surface area (Å²) in [5.74, 6) is 2.05. The number of aromatic nitrogens is 2. The number of hydrogen-bond acceptors (Lipinski definition) is 2. The molecule has 0 radical (unpaired) electrons. The van der Waals surface area contributed by atoms with Crippen LogP contribution < -0.4 is 5.32 Å². The average molecular weight is 233 g/mol. The average Bonchev–Trinajstić information content (AvgIpc) is 2.54. The molecule has 1 saturated carbocycles. The molecule has 0 unspecified atom stereocenters. The van der Waals surface area contributed by atoms with E-state index in [0.29, 0.717) is 5.92 Å². The van der Waals surface area contributed by atoms with Gasteiger partial charge in [-0.05, 0) is 25.2 Å². The molecule has 0 saturated heterocycles. The van der Waals surface area contributed by atoms with E-state index >= 15 is 0 Å². The molecular formula is C14H23N3. The highest BCUT2D eigenvalue weighted by atomic mass is 15.1. The third kappa shape index (κ3) is 2.01. The number of fused-ring (bicyclic) bond motifs is 1. The molecule has 3 heteroatoms. The smallest absolute Gasteiger partial charge is 0.109 e. The van der Waals surface area contributed by atoms with Gasteiger partial charge in [-0.3, -0.25) is 0 Å². The number of nitrogens with one attached hydrogen (secondary N) is 1. The predicted octanol–water partition coefficient (Wildman–Crippen LogP) is 2.45. The van der Waals surface area contributed by atoms with Crippen molar-refractivity contribution in [3.63, 3.8) is 0 Å². The number of rotatable bonds is 3. The summed E-state index contributed by atoms with van der Waals surface area (Å²) >= 11 is 0. The van der Waals surface area contributed by atoms with E-state index in [9.17, 15) is 0 Å². The van der Waals surface area contributed by atoms with Crippen LogP contribution in [0.5, 0.6) is 0 Å². The van der Waals surface area contributed by atoms with E-state index in [1.165, 1.54) is 36.5 Å². The van der Waals surface area contributed by atoms with Crippen LogP contribution in [0, 0.1) is 5.92 Å². The second kappa shape index (κ2) is 4.45. The highest BCUT2D eigenvalue weighted by Gasteiger charge is 2.28. The van der Waals surface area contributed by atoms with Crippen LogP contribution in [-0.4, -0.2) is 16.1 Å². The van der Waals surface area contributed by atoms with E-state index < -0.39 is 0 Å². The van der Waals surface area contributed by atoms with Crippen molar-refractivity contribution in [1.82, 2.24) is 14.9 Å². The molecule has 1 N–H and O–H groups in total. The zero-order valence-corrected chi connectivity index (χ0v) is 11.0. The lowest BCUT2D eigenvalue weighted by Crippen LogP contribution is -2.28. The summed E-state index contributed by atoms with van der Waals surface area (Å²) in [6.07, 6.45) is 6.42. The maximum absolute atomic E-state index is 4.89. The number of hydrogen-bond donors (Lipinski definition) is 1. The van der Waals surface area contributed by atoms with E-state index in [1.54, 1.807) is 0 Å². The Bertz CT molecular complexity index is 402. The van der Waals surface area contributed by atoms with Crippen LogP contribution in [0.3, 0.4) is 0 Å². The van der Waals surface area contributed by atoms with Crippen LogP contribution in [0.2, 0.25) is 0 Å². The van der Waals surface area contributed by atoms with Gasteiger partial charge in [0.15, 0.2) is 0 Å². The van der Waals surface area contributed by atoms with Crippen LogP contribution in [-0.2, 0) is 19.4 Å². The molecule has 1 aromatic heterocycles. The van der Waals surface area contributed by atoms with Crippen molar-refractivity contribution in [2.75, 3.05) is 6.54 Å². The predicted molar refractivity (Wildman–Crippen MR) is 69.1 cm³/mol. The van der Waals surface area contributed by atoms with Crippen LogP contribution in [0.1, 0.15) is 56.4 Å². The minimum Gasteiger partial charge on any atom is -0.329 e. The second-order valence-electron chi connectivity index (χ2n) is 5.90. The SMILES string of the molecule is CC(C)Cc1nc2c(n1C1CCC1)CCNC2. The molecule has 0 amide bonds. The first-order valence-electron chi connectivity index (χ1n) is 7.05. The molecule has 0 bridgehead atoms. The Morgan fingerprint density at radius 2 is 2.24 bits per heavy atom. The lowest BCUT2D eigenvalue weighted by atomic mass is 9.92. The van der Waals surface area contributed by atoms with E-state index in [4.69, 9.17) is 4.98 Å². The standard InChI is InChI=1S/C14H23N3/c1-10(2)8-14-16-12-9-15-7-6-13(12)17(14)11-4-3-5-11/h10-11,15H,3-9H2,1-2H3. The Kier molecular flexibility index (Phi) is 2.95. The van der Waals surface area contributed by atoms with Gasteiger partial charge in [0.1, 0.15) is 5.82 Å². The summed E-state index contributed by atoms with van der Waals surface area (Å²) in [4.78, 5) is 4.89. The normalized spacial score (nSPS) is 20.4. The van der Waals surface area contributed by atoms with Crippen molar-refractivity contribution in [2.45, 2.75) is 58.5 Å². The summed E-state index contributed by atoms with van der Waals surface area (Å²) in [7, 11) is 0. The maximum atomic E-state index is 4.89. The van der Waals surface area contributed by atoms with E-state index in [-0.39, 0.29) is 0 Å². The first-order valence-corrected chi connectivity index (χ1v) is 7.05. The topological polar surface area (TPSA) is 29.9 Å². The van der Waals surface area contributed by atoms with Gasteiger partial charge in [0.2, 0.25) is 0 Å². The fourth-order valence-corrected chi connectivity index (χ4v) is 2.97. The van der Waals surface area contributed by atoms with Crippen molar-refractivity contribution >= 4 is 0 Å². The van der Waals surface area contributed by atoms with Gasteiger partial charge in [0.05, 0.1) is 5.69 Å². The van der Waals surface area contributed by atoms with Crippen LogP contribution in [0.15, 0.2) is 0 Å². The first kappa shape index (κ1) is 11.3. The Morgan fingerprint density at radius 3 is 2.88 bits per heavy atom. The quantitative estimate of drug-likeness (QED) is 0.869. The lowest BCUT2D eigenvalue weighted by molar-refractivity contribution is 0.295. The summed E-state index contributed by atoms with van der Waals surface area (Å²) in [6.45, 7) is 6.67. The van der Waals surface area contributed by atoms with Crippen molar-refractivity contribution in [1.29, 1.82) is 0 Å². The third-order valence-electron chi connectivity index (χ3n) is 4.03. The zero-order valence-electron chi connectivity index (χ0n) is 11.0. The first-order chi connectivity index (χ1) is 8.25. The summed E-state index contributed by atoms with van der Waals surface area (Å²) < 4.78 is 2.60. The van der Waals surface area contributed by atoms with E-state index in [2.05, 4.69) is 23.7 Å². The Balaban J connectivity index is 1.97. The second-order valence-corrected chi connectivity index (χ2v) is 5.90. The lowest BCUT2D eigenvalue weighted by Gasteiger charge is -2.31. The van der Waals surface area contributed by atoms with Gasteiger partial charge in [-0.15, -0.1) is 0 Å². The molecule has 2 heterocycles. The van der Waals surface area contributed by atoms with Crippen LogP contribution in [0.25, 0.3) is 0 Å². The molecule has 1 aliphatic carbocycles. The van der Waals surface area contributed by atoms with E-state index in [1.807, 2.05) is 0 Å². The molecule has 1 aliphatic heterocycles. The maximum Gasteiger partial charge on any atom is 0.109 e. The van der Waals surface area contributed by atoms with Crippen molar-refractivity contribution in [2.24, 2.45) is 5.92 Å². The van der Waals surface area contributed by atoms with Crippen molar-refractivity contribution in [3.05, 3.63) is 17.2 Å². The van der Waals surface area contributed by atoms with Gasteiger partial charge in [0, 0.05) is 37.7 Å². The fraction of sp³-hybridized carbons (Fsp3) is 0.786. The molecule has 3 rings (SSSR count). The molecule has 0 atom stereocenters. The third-order valence-corrected chi connectivity index (χ3v) is 4.03. The number of nitrogens with zero attached hydrogens (tertiary/aromatic N) is 2. The minimum atomic E-state index is 0.700. The monoisotopic (exact) mass is 233 g/mol. The molecule has 1 fully saturated rings. The Hall–Kier alpha value is -0.830. The molecule has 0 spiro atoms. The zero-order chi connectivity index (χ0) is 11.8. The summed E-state index contributed by atoms with van der Waals surface area (Å²) in [5.41, 5.74) is 2.85. The number of imidazole rings is 1.